The first kappa shape index (κ1) is 20.9. The van der Waals surface area contributed by atoms with E-state index in [1.165, 1.54) is 6.07 Å². The van der Waals surface area contributed by atoms with Crippen LogP contribution in [-0.2, 0) is 5.41 Å². The average molecular weight is 373 g/mol. The number of ether oxygens (including phenoxy) is 2. The molecule has 2 N–H and O–H groups in total. The Morgan fingerprint density at radius 2 is 1.44 bits per heavy atom. The topological polar surface area (TPSA) is 58.9 Å². The fourth-order valence-corrected chi connectivity index (χ4v) is 2.50. The summed E-state index contributed by atoms with van der Waals surface area (Å²) >= 11 is 0. The predicted molar refractivity (Wildman–Crippen MR) is 109 cm³/mol. The molecule has 0 unspecified atom stereocenters. The van der Waals surface area contributed by atoms with E-state index in [4.69, 9.17) is 9.47 Å². The standard InChI is InChI=1S/C23H32O4/c1-8-22(4,5)18-13-20(25)21(14-19(18)24)26-16-9-11-17(12-10-16)27-23(6,7)15(2)3/h9-15,24-25H,8H2,1-7H3. The minimum absolute atomic E-state index is 0.00518. The molecule has 0 aliphatic heterocycles. The first-order valence-corrected chi connectivity index (χ1v) is 9.49. The monoisotopic (exact) mass is 372 g/mol. The zero-order valence-electron chi connectivity index (χ0n) is 17.5. The molecule has 27 heavy (non-hydrogen) atoms. The van der Waals surface area contributed by atoms with Crippen LogP contribution in [0.15, 0.2) is 36.4 Å². The lowest BCUT2D eigenvalue weighted by Gasteiger charge is -2.30. The third-order valence-corrected chi connectivity index (χ3v) is 5.51. The van der Waals surface area contributed by atoms with Crippen molar-refractivity contribution in [3.8, 4) is 28.7 Å². The van der Waals surface area contributed by atoms with Crippen LogP contribution >= 0.6 is 0 Å². The molecule has 0 saturated carbocycles. The van der Waals surface area contributed by atoms with Crippen molar-refractivity contribution in [2.45, 2.75) is 65.9 Å². The van der Waals surface area contributed by atoms with Crippen molar-refractivity contribution in [2.24, 2.45) is 5.92 Å². The second-order valence-corrected chi connectivity index (χ2v) is 8.51. The number of rotatable bonds is 7. The van der Waals surface area contributed by atoms with Crippen LogP contribution in [-0.4, -0.2) is 15.8 Å². The second kappa shape index (κ2) is 7.71. The quantitative estimate of drug-likeness (QED) is 0.553. The van der Waals surface area contributed by atoms with Crippen LogP contribution in [0.4, 0.5) is 0 Å². The smallest absolute Gasteiger partial charge is 0.172 e. The van der Waals surface area contributed by atoms with E-state index in [0.717, 1.165) is 12.2 Å². The maximum atomic E-state index is 10.4. The van der Waals surface area contributed by atoms with E-state index >= 15 is 0 Å². The molecule has 0 radical (unpaired) electrons. The minimum Gasteiger partial charge on any atom is -0.508 e. The van der Waals surface area contributed by atoms with Crippen LogP contribution in [0.5, 0.6) is 28.7 Å². The van der Waals surface area contributed by atoms with Gasteiger partial charge >= 0.3 is 0 Å². The third kappa shape index (κ3) is 4.88. The molecule has 0 amide bonds. The number of phenols is 2. The lowest BCUT2D eigenvalue weighted by molar-refractivity contribution is 0.0599. The number of phenolic OH excluding ortho intramolecular Hbond substituents is 2. The molecule has 0 aliphatic carbocycles. The SMILES string of the molecule is CCC(C)(C)c1cc(O)c(Oc2ccc(OC(C)(C)C(C)C)cc2)cc1O. The fourth-order valence-electron chi connectivity index (χ4n) is 2.50. The van der Waals surface area contributed by atoms with Gasteiger partial charge in [-0.25, -0.2) is 0 Å². The van der Waals surface area contributed by atoms with E-state index in [0.29, 0.717) is 17.2 Å². The van der Waals surface area contributed by atoms with Crippen LogP contribution < -0.4 is 9.47 Å². The zero-order chi connectivity index (χ0) is 20.4. The second-order valence-electron chi connectivity index (χ2n) is 8.51. The molecular formula is C23H32O4. The van der Waals surface area contributed by atoms with Crippen molar-refractivity contribution in [2.75, 3.05) is 0 Å². The van der Waals surface area contributed by atoms with Crippen LogP contribution in [0.1, 0.15) is 60.5 Å². The maximum absolute atomic E-state index is 10.4. The minimum atomic E-state index is -0.270. The van der Waals surface area contributed by atoms with Gasteiger partial charge in [0.05, 0.1) is 0 Å². The van der Waals surface area contributed by atoms with Crippen molar-refractivity contribution < 1.29 is 19.7 Å². The van der Waals surface area contributed by atoms with Crippen LogP contribution in [0.2, 0.25) is 0 Å². The third-order valence-electron chi connectivity index (χ3n) is 5.51. The highest BCUT2D eigenvalue weighted by molar-refractivity contribution is 5.53. The normalized spacial score (nSPS) is 12.3. The predicted octanol–water partition coefficient (Wildman–Crippen LogP) is 6.39. The van der Waals surface area contributed by atoms with Crippen LogP contribution in [0.25, 0.3) is 0 Å². The summed E-state index contributed by atoms with van der Waals surface area (Å²) in [5.41, 5.74) is 0.200. The molecule has 2 rings (SSSR count). The molecule has 0 aliphatic rings. The molecule has 0 heterocycles. The first-order chi connectivity index (χ1) is 12.5. The molecule has 0 atom stereocenters. The molecule has 2 aromatic rings. The Morgan fingerprint density at radius 3 is 1.96 bits per heavy atom. The van der Waals surface area contributed by atoms with Crippen LogP contribution in [0.3, 0.4) is 0 Å². The Hall–Kier alpha value is -2.36. The van der Waals surface area contributed by atoms with Gasteiger partial charge in [-0.3, -0.25) is 0 Å². The van der Waals surface area contributed by atoms with Crippen LogP contribution in [0, 0.1) is 5.92 Å². The summed E-state index contributed by atoms with van der Waals surface area (Å²) in [5.74, 6) is 2.03. The average Bonchev–Trinajstić information content (AvgIpc) is 2.59. The van der Waals surface area contributed by atoms with Gasteiger partial charge in [-0.05, 0) is 61.9 Å². The van der Waals surface area contributed by atoms with Gasteiger partial charge in [0.25, 0.3) is 0 Å². The summed E-state index contributed by atoms with van der Waals surface area (Å²) < 4.78 is 11.8. The molecule has 0 fully saturated rings. The maximum Gasteiger partial charge on any atom is 0.172 e. The molecule has 2 aromatic carbocycles. The molecule has 0 bridgehead atoms. The Labute approximate surface area is 162 Å². The van der Waals surface area contributed by atoms with Crippen molar-refractivity contribution in [3.05, 3.63) is 42.0 Å². The van der Waals surface area contributed by atoms with E-state index in [2.05, 4.69) is 27.7 Å². The Bertz CT molecular complexity index is 774. The van der Waals surface area contributed by atoms with E-state index in [-0.39, 0.29) is 28.3 Å². The van der Waals surface area contributed by atoms with E-state index in [9.17, 15) is 10.2 Å². The fraction of sp³-hybridized carbons (Fsp3) is 0.478. The van der Waals surface area contributed by atoms with Gasteiger partial charge in [0.15, 0.2) is 11.5 Å². The number of benzene rings is 2. The van der Waals surface area contributed by atoms with E-state index in [1.807, 2.05) is 32.9 Å². The van der Waals surface area contributed by atoms with Gasteiger partial charge in [-0.1, -0.05) is 34.6 Å². The highest BCUT2D eigenvalue weighted by Gasteiger charge is 2.25. The van der Waals surface area contributed by atoms with E-state index in [1.54, 1.807) is 18.2 Å². The summed E-state index contributed by atoms with van der Waals surface area (Å²) in [6.07, 6.45) is 0.842. The molecule has 0 saturated heterocycles. The van der Waals surface area contributed by atoms with Gasteiger partial charge in [0, 0.05) is 11.6 Å². The van der Waals surface area contributed by atoms with Gasteiger partial charge in [0.2, 0.25) is 0 Å². The Kier molecular flexibility index (Phi) is 5.98. The summed E-state index contributed by atoms with van der Waals surface area (Å²) in [6.45, 7) is 14.5. The van der Waals surface area contributed by atoms with Crippen molar-refractivity contribution in [1.29, 1.82) is 0 Å². The first-order valence-electron chi connectivity index (χ1n) is 9.49. The van der Waals surface area contributed by atoms with E-state index < -0.39 is 0 Å². The molecule has 148 valence electrons. The number of hydrogen-bond donors (Lipinski definition) is 2. The molecular weight excluding hydrogens is 340 g/mol. The zero-order valence-corrected chi connectivity index (χ0v) is 17.5. The number of aromatic hydroxyl groups is 2. The van der Waals surface area contributed by atoms with Gasteiger partial charge in [-0.15, -0.1) is 0 Å². The van der Waals surface area contributed by atoms with Crippen molar-refractivity contribution in [1.82, 2.24) is 0 Å². The van der Waals surface area contributed by atoms with Gasteiger partial charge < -0.3 is 19.7 Å². The highest BCUT2D eigenvalue weighted by Crippen LogP contribution is 2.42. The summed E-state index contributed by atoms with van der Waals surface area (Å²) in [4.78, 5) is 0. The molecule has 0 spiro atoms. The van der Waals surface area contributed by atoms with Gasteiger partial charge in [-0.2, -0.15) is 0 Å². The molecule has 4 heteroatoms. The van der Waals surface area contributed by atoms with Crippen molar-refractivity contribution >= 4 is 0 Å². The highest BCUT2D eigenvalue weighted by atomic mass is 16.5. The number of hydrogen-bond acceptors (Lipinski definition) is 4. The van der Waals surface area contributed by atoms with Gasteiger partial charge in [0.1, 0.15) is 22.8 Å². The summed E-state index contributed by atoms with van der Waals surface area (Å²) in [6, 6.07) is 10.3. The summed E-state index contributed by atoms with van der Waals surface area (Å²) in [7, 11) is 0. The largest absolute Gasteiger partial charge is 0.508 e. The van der Waals surface area contributed by atoms with Crippen molar-refractivity contribution in [3.63, 3.8) is 0 Å². The lowest BCUT2D eigenvalue weighted by Crippen LogP contribution is -2.34. The Balaban J connectivity index is 2.19. The Morgan fingerprint density at radius 1 is 0.889 bits per heavy atom. The lowest BCUT2D eigenvalue weighted by atomic mass is 9.81. The molecule has 4 nitrogen and oxygen atoms in total. The molecule has 0 aromatic heterocycles. The summed E-state index contributed by atoms with van der Waals surface area (Å²) in [5, 5.41) is 20.7.